The van der Waals surface area contributed by atoms with Gasteiger partial charge in [-0.1, -0.05) is 0 Å². The van der Waals surface area contributed by atoms with Gasteiger partial charge >= 0.3 is 0 Å². The van der Waals surface area contributed by atoms with Crippen LogP contribution < -0.4 is 10.6 Å². The van der Waals surface area contributed by atoms with Gasteiger partial charge in [-0.05, 0) is 34.6 Å². The molecule has 0 aliphatic carbocycles. The molecule has 0 saturated carbocycles. The summed E-state index contributed by atoms with van der Waals surface area (Å²) in [6, 6.07) is -0.0250. The predicted octanol–water partition coefficient (Wildman–Crippen LogP) is 2.02. The summed E-state index contributed by atoms with van der Waals surface area (Å²) in [6.45, 7) is 10.4. The van der Waals surface area contributed by atoms with Crippen molar-refractivity contribution in [1.82, 2.24) is 15.6 Å². The van der Waals surface area contributed by atoms with Crippen LogP contribution in [0.4, 0.5) is 0 Å². The van der Waals surface area contributed by atoms with E-state index in [1.807, 2.05) is 40.8 Å². The second-order valence-corrected chi connectivity index (χ2v) is 6.47. The zero-order chi connectivity index (χ0) is 13.1. The van der Waals surface area contributed by atoms with Crippen molar-refractivity contribution in [1.29, 1.82) is 0 Å². The minimum absolute atomic E-state index is 0.000257. The first-order valence-electron chi connectivity index (χ1n) is 5.74. The lowest BCUT2D eigenvalue weighted by Gasteiger charge is -2.20. The first-order valence-corrected chi connectivity index (χ1v) is 6.56. The van der Waals surface area contributed by atoms with Gasteiger partial charge in [0.25, 0.3) is 0 Å². The van der Waals surface area contributed by atoms with Crippen molar-refractivity contribution < 1.29 is 4.79 Å². The van der Waals surface area contributed by atoms with Gasteiger partial charge in [0.2, 0.25) is 5.91 Å². The number of nitrogens with one attached hydrogen (secondary N) is 2. The van der Waals surface area contributed by atoms with Gasteiger partial charge in [0.15, 0.2) is 0 Å². The maximum Gasteiger partial charge on any atom is 0.234 e. The van der Waals surface area contributed by atoms with Crippen LogP contribution in [0.1, 0.15) is 43.6 Å². The molecule has 1 heterocycles. The van der Waals surface area contributed by atoms with Crippen molar-refractivity contribution in [2.75, 3.05) is 6.54 Å². The molecule has 1 atom stereocenters. The Balaban J connectivity index is 2.41. The molecule has 0 bridgehead atoms. The lowest BCUT2D eigenvalue weighted by atomic mass is 10.1. The van der Waals surface area contributed by atoms with Crippen LogP contribution in [0, 0.1) is 6.92 Å². The number of carbonyl (C=O) groups excluding carboxylic acids is 1. The van der Waals surface area contributed by atoms with Crippen LogP contribution in [0.25, 0.3) is 0 Å². The lowest BCUT2D eigenvalue weighted by Crippen LogP contribution is -2.43. The number of amides is 1. The molecule has 17 heavy (non-hydrogen) atoms. The molecule has 1 rings (SSSR count). The quantitative estimate of drug-likeness (QED) is 0.865. The van der Waals surface area contributed by atoms with Crippen LogP contribution in [0.5, 0.6) is 0 Å². The Kier molecular flexibility index (Phi) is 4.65. The van der Waals surface area contributed by atoms with E-state index < -0.39 is 0 Å². The molecule has 0 spiro atoms. The van der Waals surface area contributed by atoms with E-state index in [-0.39, 0.29) is 17.5 Å². The maximum atomic E-state index is 11.7. The number of rotatable bonds is 4. The molecule has 0 aromatic carbocycles. The summed E-state index contributed by atoms with van der Waals surface area (Å²) in [6.07, 6.45) is 1.83. The van der Waals surface area contributed by atoms with Gasteiger partial charge in [-0.15, -0.1) is 11.3 Å². The largest absolute Gasteiger partial charge is 0.346 e. The van der Waals surface area contributed by atoms with Crippen LogP contribution in [0.3, 0.4) is 0 Å². The highest BCUT2D eigenvalue weighted by molar-refractivity contribution is 7.11. The van der Waals surface area contributed by atoms with Crippen molar-refractivity contribution in [2.24, 2.45) is 0 Å². The minimum Gasteiger partial charge on any atom is -0.346 e. The average Bonchev–Trinajstić information content (AvgIpc) is 2.61. The molecule has 1 aromatic heterocycles. The van der Waals surface area contributed by atoms with E-state index in [4.69, 9.17) is 0 Å². The minimum atomic E-state index is -0.0433. The molecular formula is C12H21N3OS. The van der Waals surface area contributed by atoms with Crippen LogP contribution in [0.15, 0.2) is 6.20 Å². The zero-order valence-electron chi connectivity index (χ0n) is 11.1. The Hall–Kier alpha value is -0.940. The van der Waals surface area contributed by atoms with Crippen molar-refractivity contribution >= 4 is 17.2 Å². The molecule has 1 unspecified atom stereocenters. The predicted molar refractivity (Wildman–Crippen MR) is 71.2 cm³/mol. The highest BCUT2D eigenvalue weighted by atomic mass is 32.1. The zero-order valence-corrected chi connectivity index (χ0v) is 11.9. The molecule has 1 amide bonds. The molecular weight excluding hydrogens is 234 g/mol. The van der Waals surface area contributed by atoms with E-state index in [2.05, 4.69) is 15.6 Å². The summed E-state index contributed by atoms with van der Waals surface area (Å²) in [4.78, 5) is 17.1. The molecule has 96 valence electrons. The standard InChI is InChI=1S/C12H21N3OS/c1-8-6-13-11(17-8)9(2)15-10(16)7-14-12(3,4)5/h6,9,14H,7H2,1-5H3,(H,15,16). The second-order valence-electron chi connectivity index (χ2n) is 5.20. The highest BCUT2D eigenvalue weighted by Crippen LogP contribution is 2.18. The number of hydrogen-bond acceptors (Lipinski definition) is 4. The fourth-order valence-electron chi connectivity index (χ4n) is 1.27. The van der Waals surface area contributed by atoms with Crippen LogP contribution in [-0.2, 0) is 4.79 Å². The fourth-order valence-corrected chi connectivity index (χ4v) is 2.05. The summed E-state index contributed by atoms with van der Waals surface area (Å²) < 4.78 is 0. The highest BCUT2D eigenvalue weighted by Gasteiger charge is 2.15. The van der Waals surface area contributed by atoms with Gasteiger partial charge in [-0.2, -0.15) is 0 Å². The molecule has 4 nitrogen and oxygen atoms in total. The summed E-state index contributed by atoms with van der Waals surface area (Å²) >= 11 is 1.62. The number of nitrogens with zero attached hydrogens (tertiary/aromatic N) is 1. The van der Waals surface area contributed by atoms with Crippen molar-refractivity contribution in [3.8, 4) is 0 Å². The molecule has 0 aliphatic rings. The van der Waals surface area contributed by atoms with Crippen molar-refractivity contribution in [3.63, 3.8) is 0 Å². The average molecular weight is 255 g/mol. The summed E-state index contributed by atoms with van der Waals surface area (Å²) in [7, 11) is 0. The van der Waals surface area contributed by atoms with Crippen LogP contribution in [0.2, 0.25) is 0 Å². The summed E-state index contributed by atoms with van der Waals surface area (Å²) in [5.74, 6) is 0.000257. The van der Waals surface area contributed by atoms with Crippen molar-refractivity contribution in [2.45, 2.75) is 46.2 Å². The number of hydrogen-bond donors (Lipinski definition) is 2. The topological polar surface area (TPSA) is 54.0 Å². The summed E-state index contributed by atoms with van der Waals surface area (Å²) in [5.41, 5.74) is -0.0433. The van der Waals surface area contributed by atoms with Gasteiger partial charge in [-0.3, -0.25) is 4.79 Å². The van der Waals surface area contributed by atoms with E-state index in [0.29, 0.717) is 6.54 Å². The Labute approximate surface area is 107 Å². The van der Waals surface area contributed by atoms with Crippen LogP contribution >= 0.6 is 11.3 Å². The van der Waals surface area contributed by atoms with Gasteiger partial charge in [0, 0.05) is 16.6 Å². The molecule has 0 fully saturated rings. The SMILES string of the molecule is Cc1cnc(C(C)NC(=O)CNC(C)(C)C)s1. The van der Waals surface area contributed by atoms with Crippen LogP contribution in [-0.4, -0.2) is 23.0 Å². The van der Waals surface area contributed by atoms with Gasteiger partial charge in [0.05, 0.1) is 12.6 Å². The first-order chi connectivity index (χ1) is 7.78. The molecule has 0 radical (unpaired) electrons. The number of carbonyl (C=O) groups is 1. The normalized spacial score (nSPS) is 13.5. The Morgan fingerprint density at radius 2 is 2.18 bits per heavy atom. The third-order valence-corrected chi connectivity index (χ3v) is 3.26. The fraction of sp³-hybridized carbons (Fsp3) is 0.667. The van der Waals surface area contributed by atoms with E-state index in [1.54, 1.807) is 11.3 Å². The van der Waals surface area contributed by atoms with E-state index in [9.17, 15) is 4.79 Å². The monoisotopic (exact) mass is 255 g/mol. The van der Waals surface area contributed by atoms with E-state index in [0.717, 1.165) is 9.88 Å². The Morgan fingerprint density at radius 3 is 2.65 bits per heavy atom. The van der Waals surface area contributed by atoms with Gasteiger partial charge < -0.3 is 10.6 Å². The molecule has 0 aliphatic heterocycles. The number of aryl methyl sites for hydroxylation is 1. The maximum absolute atomic E-state index is 11.7. The molecule has 5 heteroatoms. The lowest BCUT2D eigenvalue weighted by molar-refractivity contribution is -0.121. The van der Waals surface area contributed by atoms with Gasteiger partial charge in [0.1, 0.15) is 5.01 Å². The number of thiazole rings is 1. The molecule has 2 N–H and O–H groups in total. The Morgan fingerprint density at radius 1 is 1.53 bits per heavy atom. The molecule has 1 aromatic rings. The van der Waals surface area contributed by atoms with Crippen molar-refractivity contribution in [3.05, 3.63) is 16.1 Å². The van der Waals surface area contributed by atoms with E-state index >= 15 is 0 Å². The Bertz CT molecular complexity index is 381. The molecule has 0 saturated heterocycles. The second kappa shape index (κ2) is 5.60. The van der Waals surface area contributed by atoms with Gasteiger partial charge in [-0.25, -0.2) is 4.98 Å². The van der Waals surface area contributed by atoms with E-state index in [1.165, 1.54) is 0 Å². The third kappa shape index (κ3) is 5.28. The number of aromatic nitrogens is 1. The smallest absolute Gasteiger partial charge is 0.234 e. The summed E-state index contributed by atoms with van der Waals surface area (Å²) in [5, 5.41) is 7.03. The third-order valence-electron chi connectivity index (χ3n) is 2.17. The first kappa shape index (κ1) is 14.1.